The lowest BCUT2D eigenvalue weighted by atomic mass is 9.95. The Kier molecular flexibility index (Phi) is 7.17. The van der Waals surface area contributed by atoms with Crippen molar-refractivity contribution < 1.29 is 4.42 Å². The van der Waals surface area contributed by atoms with E-state index < -0.39 is 0 Å². The number of benzene rings is 9. The first kappa shape index (κ1) is 31.2. The van der Waals surface area contributed by atoms with Gasteiger partial charge in [0.25, 0.3) is 0 Å². The van der Waals surface area contributed by atoms with Gasteiger partial charge < -0.3 is 4.42 Å². The van der Waals surface area contributed by atoms with E-state index in [-0.39, 0.29) is 0 Å². The molecule has 0 N–H and O–H groups in total. The van der Waals surface area contributed by atoms with Crippen LogP contribution < -0.4 is 0 Å². The van der Waals surface area contributed by atoms with E-state index in [1.807, 2.05) is 18.3 Å². The van der Waals surface area contributed by atoms with Crippen LogP contribution in [0, 0.1) is 0 Å². The van der Waals surface area contributed by atoms with E-state index in [2.05, 4.69) is 176 Å². The number of furan rings is 1. The van der Waals surface area contributed by atoms with Gasteiger partial charge in [0.05, 0.1) is 22.9 Å². The minimum atomic E-state index is 0.864. The summed E-state index contributed by atoms with van der Waals surface area (Å²) in [5.41, 5.74) is 14.9. The highest BCUT2D eigenvalue weighted by Crippen LogP contribution is 2.38. The van der Waals surface area contributed by atoms with E-state index in [4.69, 9.17) is 14.4 Å². The molecule has 55 heavy (non-hydrogen) atoms. The van der Waals surface area contributed by atoms with Gasteiger partial charge in [0, 0.05) is 32.7 Å². The summed E-state index contributed by atoms with van der Waals surface area (Å²) in [6, 6.07) is 66.6. The molecule has 0 saturated heterocycles. The molecule has 9 aromatic carbocycles. The average molecular weight is 701 g/mol. The molecule has 2 heterocycles. The second-order valence-corrected chi connectivity index (χ2v) is 14.1. The maximum Gasteiger partial charge on any atom is 0.143 e. The second kappa shape index (κ2) is 12.6. The van der Waals surface area contributed by atoms with Crippen molar-refractivity contribution in [2.45, 2.75) is 0 Å². The molecular weight excluding hydrogens is 669 g/mol. The second-order valence-electron chi connectivity index (χ2n) is 14.1. The molecule has 0 fully saturated rings. The quantitative estimate of drug-likeness (QED) is 0.168. The first-order valence-electron chi connectivity index (χ1n) is 18.6. The van der Waals surface area contributed by atoms with Crippen molar-refractivity contribution in [3.63, 3.8) is 0 Å². The molecule has 0 bridgehead atoms. The molecule has 0 amide bonds. The van der Waals surface area contributed by atoms with Gasteiger partial charge in [0.2, 0.25) is 0 Å². The zero-order valence-electron chi connectivity index (χ0n) is 29.8. The molecule has 0 aliphatic heterocycles. The summed E-state index contributed by atoms with van der Waals surface area (Å²) >= 11 is 0. The van der Waals surface area contributed by atoms with Crippen LogP contribution in [0.2, 0.25) is 0 Å². The Morgan fingerprint density at radius 1 is 0.327 bits per heavy atom. The van der Waals surface area contributed by atoms with Crippen molar-refractivity contribution in [3.8, 4) is 55.8 Å². The highest BCUT2D eigenvalue weighted by molar-refractivity contribution is 6.23. The van der Waals surface area contributed by atoms with E-state index in [1.54, 1.807) is 0 Å². The van der Waals surface area contributed by atoms with Gasteiger partial charge in [-0.25, -0.2) is 4.98 Å². The summed E-state index contributed by atoms with van der Waals surface area (Å²) in [6.07, 6.45) is 1.91. The molecule has 256 valence electrons. The van der Waals surface area contributed by atoms with Crippen molar-refractivity contribution in [3.05, 3.63) is 194 Å². The molecule has 3 nitrogen and oxygen atoms in total. The largest absolute Gasteiger partial charge is 0.455 e. The number of nitrogens with zero attached hydrogens (tertiary/aromatic N) is 2. The van der Waals surface area contributed by atoms with Crippen LogP contribution in [0.3, 0.4) is 0 Å². The number of para-hydroxylation sites is 2. The van der Waals surface area contributed by atoms with Gasteiger partial charge in [-0.05, 0) is 67.9 Å². The summed E-state index contributed by atoms with van der Waals surface area (Å²) in [5.74, 6) is 0. The van der Waals surface area contributed by atoms with Gasteiger partial charge in [-0.15, -0.1) is 0 Å². The Hall–Kier alpha value is -7.36. The fourth-order valence-electron chi connectivity index (χ4n) is 8.17. The minimum Gasteiger partial charge on any atom is -0.455 e. The van der Waals surface area contributed by atoms with Crippen LogP contribution in [0.15, 0.2) is 199 Å². The van der Waals surface area contributed by atoms with Gasteiger partial charge in [0.15, 0.2) is 0 Å². The third-order valence-electron chi connectivity index (χ3n) is 10.9. The van der Waals surface area contributed by atoms with Crippen LogP contribution in [0.4, 0.5) is 0 Å². The Labute approximate surface area is 317 Å². The zero-order valence-corrected chi connectivity index (χ0v) is 29.8. The fraction of sp³-hybridized carbons (Fsp3) is 0. The molecule has 0 radical (unpaired) electrons. The summed E-state index contributed by atoms with van der Waals surface area (Å²) in [7, 11) is 0. The molecule has 3 heteroatoms. The van der Waals surface area contributed by atoms with E-state index in [9.17, 15) is 0 Å². The first-order chi connectivity index (χ1) is 27.2. The van der Waals surface area contributed by atoms with Crippen molar-refractivity contribution in [2.24, 2.45) is 0 Å². The Morgan fingerprint density at radius 2 is 0.800 bits per heavy atom. The highest BCUT2D eigenvalue weighted by atomic mass is 16.3. The van der Waals surface area contributed by atoms with Crippen LogP contribution in [0.5, 0.6) is 0 Å². The highest BCUT2D eigenvalue weighted by Gasteiger charge is 2.14. The lowest BCUT2D eigenvalue weighted by Gasteiger charge is -2.11. The molecule has 11 rings (SSSR count). The first-order valence-corrected chi connectivity index (χ1v) is 18.6. The third kappa shape index (κ3) is 5.28. The number of hydrogen-bond donors (Lipinski definition) is 0. The van der Waals surface area contributed by atoms with Gasteiger partial charge in [-0.1, -0.05) is 170 Å². The van der Waals surface area contributed by atoms with Gasteiger partial charge in [-0.2, -0.15) is 0 Å². The van der Waals surface area contributed by atoms with Gasteiger partial charge in [0.1, 0.15) is 11.2 Å². The summed E-state index contributed by atoms with van der Waals surface area (Å²) in [4.78, 5) is 10.2. The van der Waals surface area contributed by atoms with Crippen LogP contribution in [0.25, 0.3) is 110 Å². The fourth-order valence-corrected chi connectivity index (χ4v) is 8.17. The molecular formula is C52H32N2O. The number of aromatic nitrogens is 2. The predicted molar refractivity (Wildman–Crippen MR) is 229 cm³/mol. The smallest absolute Gasteiger partial charge is 0.143 e. The normalized spacial score (nSPS) is 11.6. The van der Waals surface area contributed by atoms with Gasteiger partial charge >= 0.3 is 0 Å². The van der Waals surface area contributed by atoms with E-state index in [1.165, 1.54) is 33.0 Å². The molecule has 0 saturated carbocycles. The van der Waals surface area contributed by atoms with Crippen LogP contribution in [-0.2, 0) is 0 Å². The van der Waals surface area contributed by atoms with Crippen LogP contribution in [0.1, 0.15) is 0 Å². The van der Waals surface area contributed by atoms with Crippen molar-refractivity contribution in [2.75, 3.05) is 0 Å². The third-order valence-corrected chi connectivity index (χ3v) is 10.9. The lowest BCUT2D eigenvalue weighted by Crippen LogP contribution is -1.92. The van der Waals surface area contributed by atoms with Crippen LogP contribution in [-0.4, -0.2) is 9.97 Å². The van der Waals surface area contributed by atoms with E-state index in [0.717, 1.165) is 77.3 Å². The summed E-state index contributed by atoms with van der Waals surface area (Å²) in [6.45, 7) is 0. The zero-order chi connectivity index (χ0) is 36.3. The maximum atomic E-state index is 6.31. The molecule has 11 aromatic rings. The molecule has 2 aromatic heterocycles. The number of hydrogen-bond acceptors (Lipinski definition) is 3. The number of rotatable bonds is 5. The molecule has 0 aliphatic carbocycles. The van der Waals surface area contributed by atoms with Crippen molar-refractivity contribution >= 4 is 54.5 Å². The van der Waals surface area contributed by atoms with Crippen LogP contribution >= 0.6 is 0 Å². The van der Waals surface area contributed by atoms with Gasteiger partial charge in [-0.3, -0.25) is 4.98 Å². The topological polar surface area (TPSA) is 38.9 Å². The van der Waals surface area contributed by atoms with E-state index >= 15 is 0 Å². The van der Waals surface area contributed by atoms with E-state index in [0.29, 0.717) is 0 Å². The standard InChI is InChI=1S/C52H32N2O/c1-3-17-45-42(14-1)43-15-2-4-18-46(43)51-50(45)53-32-48(54-51)40-13-8-12-39(31-40)34-24-22-33(23-25-34)37-10-7-11-38(30-37)35-26-28-36(29-27-35)41-19-9-20-47-44-16-5-6-21-49(44)55-52(41)47/h1-32H. The molecule has 0 unspecified atom stereocenters. The Bertz CT molecular complexity index is 3210. The van der Waals surface area contributed by atoms with Crippen molar-refractivity contribution in [1.82, 2.24) is 9.97 Å². The molecule has 0 spiro atoms. The molecule has 0 atom stereocenters. The number of fused-ring (bicyclic) bond motifs is 9. The SMILES string of the molecule is c1cc(-c2ccc(-c3cccc(-c4cnc5c6ccccc6c6ccccc6c5n4)c3)cc2)cc(-c2ccc(-c3cccc4c3oc3ccccc34)cc2)c1. The Balaban J connectivity index is 0.877. The molecule has 0 aliphatic rings. The predicted octanol–water partition coefficient (Wildman–Crippen LogP) is 14.2. The average Bonchev–Trinajstić information content (AvgIpc) is 3.66. The monoisotopic (exact) mass is 700 g/mol. The Morgan fingerprint density at radius 3 is 1.44 bits per heavy atom. The summed E-state index contributed by atoms with van der Waals surface area (Å²) in [5, 5.41) is 6.93. The minimum absolute atomic E-state index is 0.864. The van der Waals surface area contributed by atoms with Crippen molar-refractivity contribution in [1.29, 1.82) is 0 Å². The maximum absolute atomic E-state index is 6.31. The summed E-state index contributed by atoms with van der Waals surface area (Å²) < 4.78 is 6.31. The lowest BCUT2D eigenvalue weighted by molar-refractivity contribution is 0.670.